The van der Waals surface area contributed by atoms with Crippen molar-refractivity contribution in [3.8, 4) is 5.75 Å². The maximum Gasteiger partial charge on any atom is 0.485 e. The fourth-order valence-electron chi connectivity index (χ4n) is 3.70. The van der Waals surface area contributed by atoms with Crippen LogP contribution in [0.5, 0.6) is 5.75 Å². The van der Waals surface area contributed by atoms with Crippen molar-refractivity contribution in [1.29, 1.82) is 0 Å². The van der Waals surface area contributed by atoms with Gasteiger partial charge in [0.25, 0.3) is 0 Å². The lowest BCUT2D eigenvalue weighted by Crippen LogP contribution is -2.23. The highest BCUT2D eigenvalue weighted by Gasteiger charge is 2.38. The van der Waals surface area contributed by atoms with Crippen molar-refractivity contribution in [2.75, 3.05) is 7.11 Å². The van der Waals surface area contributed by atoms with Crippen LogP contribution in [0.1, 0.15) is 31.1 Å². The van der Waals surface area contributed by atoms with Crippen molar-refractivity contribution in [1.82, 2.24) is 0 Å². The summed E-state index contributed by atoms with van der Waals surface area (Å²) in [4.78, 5) is 16.3. The number of rotatable bonds is 5. The Bertz CT molecular complexity index is 1530. The van der Waals surface area contributed by atoms with E-state index in [0.29, 0.717) is 11.3 Å². The zero-order valence-electron chi connectivity index (χ0n) is 22.1. The minimum Gasteiger partial charge on any atom is -0.741 e. The first-order chi connectivity index (χ1) is 18.6. The third kappa shape index (κ3) is 7.56. The molecule has 0 heterocycles. The summed E-state index contributed by atoms with van der Waals surface area (Å²) in [5, 5.41) is 1.97. The first-order valence-corrected chi connectivity index (χ1v) is 14.5. The molecule has 0 spiro atoms. The van der Waals surface area contributed by atoms with Crippen molar-refractivity contribution < 1.29 is 40.4 Å². The van der Waals surface area contributed by atoms with E-state index in [1.165, 1.54) is 7.11 Å². The molecule has 11 heteroatoms. The van der Waals surface area contributed by atoms with Crippen LogP contribution in [0, 0.1) is 0 Å². The van der Waals surface area contributed by atoms with Gasteiger partial charge in [0.15, 0.2) is 24.8 Å². The molecule has 0 aliphatic carbocycles. The van der Waals surface area contributed by atoms with Gasteiger partial charge in [-0.05, 0) is 51.1 Å². The Morgan fingerprint density at radius 2 is 1.23 bits per heavy atom. The summed E-state index contributed by atoms with van der Waals surface area (Å²) in [6, 6.07) is 30.6. The van der Waals surface area contributed by atoms with E-state index >= 15 is 0 Å². The Balaban J connectivity index is 0.000000482. The summed E-state index contributed by atoms with van der Waals surface area (Å²) in [7, 11) is -5.18. The van der Waals surface area contributed by atoms with Gasteiger partial charge in [0.05, 0.1) is 7.11 Å². The lowest BCUT2D eigenvalue weighted by molar-refractivity contribution is -0.0517. The number of benzene rings is 4. The molecule has 0 radical (unpaired) electrons. The van der Waals surface area contributed by atoms with Crippen molar-refractivity contribution in [3.05, 3.63) is 96.6 Å². The normalized spacial score (nSPS) is 12.0. The molecule has 0 N–H and O–H groups in total. The largest absolute Gasteiger partial charge is 0.741 e. The molecular formula is C29H27F3O6S2. The molecule has 0 aliphatic heterocycles. The monoisotopic (exact) mass is 592 g/mol. The Labute approximate surface area is 233 Å². The standard InChI is InChI=1S/C28H27O3S.CHF3O3S/c1-28(2,3)31-25-19-24(27(29)30-4)26(23-18-12-11-17-22(23)25)32(20-13-7-5-8-14-20)21-15-9-6-10-16-21;2-1(3,4)8(5,6)7/h5-19H,1-4H3;(H,5,6,7)/q+1;/p-1. The fourth-order valence-corrected chi connectivity index (χ4v) is 6.06. The maximum absolute atomic E-state index is 13.1. The summed E-state index contributed by atoms with van der Waals surface area (Å²) in [5.74, 6) is 0.316. The van der Waals surface area contributed by atoms with E-state index in [-0.39, 0.29) is 5.97 Å². The molecule has 6 nitrogen and oxygen atoms in total. The molecule has 0 aliphatic rings. The third-order valence-electron chi connectivity index (χ3n) is 5.22. The van der Waals surface area contributed by atoms with Crippen LogP contribution < -0.4 is 4.74 Å². The highest BCUT2D eigenvalue weighted by atomic mass is 32.2. The maximum atomic E-state index is 13.1. The van der Waals surface area contributed by atoms with E-state index in [1.54, 1.807) is 0 Å². The summed E-state index contributed by atoms with van der Waals surface area (Å²) in [5.41, 5.74) is -5.52. The topological polar surface area (TPSA) is 92.7 Å². The van der Waals surface area contributed by atoms with Crippen LogP contribution in [0.25, 0.3) is 10.8 Å². The van der Waals surface area contributed by atoms with E-state index in [4.69, 9.17) is 22.4 Å². The molecule has 0 saturated carbocycles. The molecule has 4 aromatic rings. The molecule has 212 valence electrons. The predicted octanol–water partition coefficient (Wildman–Crippen LogP) is 6.95. The molecular weight excluding hydrogens is 565 g/mol. The van der Waals surface area contributed by atoms with Gasteiger partial charge in [-0.1, -0.05) is 54.6 Å². The average molecular weight is 593 g/mol. The molecule has 0 unspecified atom stereocenters. The second-order valence-corrected chi connectivity index (χ2v) is 12.7. The second-order valence-electron chi connectivity index (χ2n) is 9.34. The molecule has 0 saturated heterocycles. The van der Waals surface area contributed by atoms with Gasteiger partial charge in [-0.3, -0.25) is 0 Å². The molecule has 40 heavy (non-hydrogen) atoms. The van der Waals surface area contributed by atoms with Crippen LogP contribution >= 0.6 is 0 Å². The van der Waals surface area contributed by atoms with E-state index in [0.717, 1.165) is 25.5 Å². The van der Waals surface area contributed by atoms with Gasteiger partial charge in [0, 0.05) is 16.8 Å². The molecule has 4 aromatic carbocycles. The third-order valence-corrected chi connectivity index (χ3v) is 8.13. The van der Waals surface area contributed by atoms with E-state index < -0.39 is 32.1 Å². The van der Waals surface area contributed by atoms with Crippen molar-refractivity contribution in [3.63, 3.8) is 0 Å². The lowest BCUT2D eigenvalue weighted by atomic mass is 10.0. The summed E-state index contributed by atoms with van der Waals surface area (Å²) in [6.07, 6.45) is 0. The molecule has 0 bridgehead atoms. The van der Waals surface area contributed by atoms with Crippen LogP contribution in [-0.4, -0.2) is 37.2 Å². The first kappa shape index (κ1) is 31.0. The first-order valence-electron chi connectivity index (χ1n) is 11.8. The molecule has 0 aromatic heterocycles. The number of esters is 1. The van der Waals surface area contributed by atoms with Gasteiger partial charge in [-0.2, -0.15) is 13.2 Å². The number of methoxy groups -OCH3 is 1. The fraction of sp³-hybridized carbons (Fsp3) is 0.207. The zero-order valence-corrected chi connectivity index (χ0v) is 23.7. The number of ether oxygens (including phenoxy) is 2. The van der Waals surface area contributed by atoms with Crippen LogP contribution in [0.2, 0.25) is 0 Å². The summed E-state index contributed by atoms with van der Waals surface area (Å²) in [6.45, 7) is 6.02. The van der Waals surface area contributed by atoms with Gasteiger partial charge in [0.1, 0.15) is 27.8 Å². The Kier molecular flexibility index (Phi) is 9.55. The number of carbonyl (C=O) groups excluding carboxylic acids is 1. The van der Waals surface area contributed by atoms with Crippen LogP contribution in [0.4, 0.5) is 13.2 Å². The van der Waals surface area contributed by atoms with Crippen molar-refractivity contribution >= 4 is 37.8 Å². The molecule has 0 atom stereocenters. The minimum atomic E-state index is -6.09. The van der Waals surface area contributed by atoms with E-state index in [2.05, 4.69) is 36.4 Å². The predicted molar refractivity (Wildman–Crippen MR) is 146 cm³/mol. The highest BCUT2D eigenvalue weighted by Crippen LogP contribution is 2.42. The number of carbonyl (C=O) groups is 1. The Morgan fingerprint density at radius 3 is 1.62 bits per heavy atom. The van der Waals surface area contributed by atoms with E-state index in [9.17, 15) is 18.0 Å². The number of hydrogen-bond donors (Lipinski definition) is 0. The lowest BCUT2D eigenvalue weighted by Gasteiger charge is -2.24. The highest BCUT2D eigenvalue weighted by molar-refractivity contribution is 7.97. The van der Waals surface area contributed by atoms with Gasteiger partial charge >= 0.3 is 11.5 Å². The Morgan fingerprint density at radius 1 is 0.800 bits per heavy atom. The summed E-state index contributed by atoms with van der Waals surface area (Å²) >= 11 is 0. The SMILES string of the molecule is COC(=O)c1cc(OC(C)(C)C)c2ccccc2c1[S+](c1ccccc1)c1ccccc1.O=S(=O)([O-])C(F)(F)F. The van der Waals surface area contributed by atoms with Crippen molar-refractivity contribution in [2.45, 2.75) is 46.6 Å². The van der Waals surface area contributed by atoms with Crippen LogP contribution in [0.15, 0.2) is 106 Å². The minimum absolute atomic E-state index is 0.367. The molecule has 4 rings (SSSR count). The van der Waals surface area contributed by atoms with Gasteiger partial charge in [-0.25, -0.2) is 13.2 Å². The Hall–Kier alpha value is -3.54. The van der Waals surface area contributed by atoms with Gasteiger partial charge < -0.3 is 14.0 Å². The summed E-state index contributed by atoms with van der Waals surface area (Å²) < 4.78 is 70.4. The average Bonchev–Trinajstić information content (AvgIpc) is 2.89. The number of halogens is 3. The zero-order chi connectivity index (χ0) is 29.7. The van der Waals surface area contributed by atoms with Gasteiger partial charge in [0.2, 0.25) is 0 Å². The quantitative estimate of drug-likeness (QED) is 0.108. The second kappa shape index (κ2) is 12.3. The van der Waals surface area contributed by atoms with Crippen LogP contribution in [-0.2, 0) is 25.7 Å². The number of alkyl halides is 3. The molecule has 0 amide bonds. The van der Waals surface area contributed by atoms with Gasteiger partial charge in [-0.15, -0.1) is 0 Å². The van der Waals surface area contributed by atoms with Crippen molar-refractivity contribution in [2.24, 2.45) is 0 Å². The number of fused-ring (bicyclic) bond motifs is 1. The number of hydrogen-bond acceptors (Lipinski definition) is 6. The van der Waals surface area contributed by atoms with E-state index in [1.807, 2.05) is 75.4 Å². The van der Waals surface area contributed by atoms with Crippen LogP contribution in [0.3, 0.4) is 0 Å². The molecule has 0 fully saturated rings. The smallest absolute Gasteiger partial charge is 0.485 e.